The minimum absolute atomic E-state index is 0.108. The summed E-state index contributed by atoms with van der Waals surface area (Å²) < 4.78 is 16.8. The first kappa shape index (κ1) is 65.1. The number of carbonyl (C=O) groups excluding carboxylic acids is 3. The van der Waals surface area contributed by atoms with E-state index in [1.54, 1.807) is 0 Å². The van der Waals surface area contributed by atoms with Gasteiger partial charge in [0, 0.05) is 19.3 Å². The maximum Gasteiger partial charge on any atom is 0.306 e. The second-order valence-corrected chi connectivity index (χ2v) is 18.5. The molecule has 0 fully saturated rings. The molecule has 0 saturated heterocycles. The van der Waals surface area contributed by atoms with E-state index in [4.69, 9.17) is 14.2 Å². The fraction of sp³-hybridized carbons (Fsp3) is 0.667. The molecule has 0 amide bonds. The van der Waals surface area contributed by atoms with Gasteiger partial charge in [-0.3, -0.25) is 14.4 Å². The lowest BCUT2D eigenvalue weighted by atomic mass is 10.1. The number of ether oxygens (including phenoxy) is 3. The summed E-state index contributed by atoms with van der Waals surface area (Å²) in [5.41, 5.74) is 0. The summed E-state index contributed by atoms with van der Waals surface area (Å²) in [4.78, 5) is 38.1. The summed E-state index contributed by atoms with van der Waals surface area (Å²) >= 11 is 0. The Labute approximate surface area is 425 Å². The SMILES string of the molecule is CC/C=C\C/C=C\C/C=C\C/C=C\C/C=C\C/C=C\CCC(=O)OCC(COC(=O)CCCCCCCCC/C=C\CCCCCC)OC(=O)CCCCCCCCC/C=C\C/C=C\CCCCC. The molecule has 1 atom stereocenters. The predicted molar refractivity (Wildman–Crippen MR) is 297 cm³/mol. The molecule has 0 aliphatic carbocycles. The first-order valence-corrected chi connectivity index (χ1v) is 28.4. The van der Waals surface area contributed by atoms with Crippen LogP contribution in [-0.4, -0.2) is 37.2 Å². The average molecular weight is 958 g/mol. The first-order valence-electron chi connectivity index (χ1n) is 28.4. The molecule has 0 N–H and O–H groups in total. The fourth-order valence-electron chi connectivity index (χ4n) is 7.49. The van der Waals surface area contributed by atoms with Crippen molar-refractivity contribution in [2.24, 2.45) is 0 Å². The number of unbranched alkanes of at least 4 members (excludes halogenated alkanes) is 21. The molecule has 0 bridgehead atoms. The second-order valence-electron chi connectivity index (χ2n) is 18.5. The summed E-state index contributed by atoms with van der Waals surface area (Å²) in [6.45, 7) is 6.41. The van der Waals surface area contributed by atoms with Crippen LogP contribution in [0.15, 0.2) is 109 Å². The van der Waals surface area contributed by atoms with Gasteiger partial charge >= 0.3 is 17.9 Å². The molecule has 1 unspecified atom stereocenters. The lowest BCUT2D eigenvalue weighted by molar-refractivity contribution is -0.166. The minimum atomic E-state index is -0.817. The highest BCUT2D eigenvalue weighted by molar-refractivity contribution is 5.71. The Morgan fingerprint density at radius 3 is 1.01 bits per heavy atom. The Balaban J connectivity index is 4.53. The van der Waals surface area contributed by atoms with Crippen LogP contribution in [0.2, 0.25) is 0 Å². The maximum atomic E-state index is 12.9. The Morgan fingerprint density at radius 1 is 0.304 bits per heavy atom. The van der Waals surface area contributed by atoms with Crippen LogP contribution < -0.4 is 0 Å². The maximum absolute atomic E-state index is 12.9. The molecule has 0 aromatic carbocycles. The number of allylic oxidation sites excluding steroid dienone is 18. The summed E-state index contributed by atoms with van der Waals surface area (Å²) in [6, 6.07) is 0. The van der Waals surface area contributed by atoms with Gasteiger partial charge in [-0.15, -0.1) is 0 Å². The molecule has 69 heavy (non-hydrogen) atoms. The highest BCUT2D eigenvalue weighted by atomic mass is 16.6. The van der Waals surface area contributed by atoms with Crippen molar-refractivity contribution in [3.8, 4) is 0 Å². The number of hydrogen-bond donors (Lipinski definition) is 0. The molecule has 0 heterocycles. The molecule has 6 heteroatoms. The van der Waals surface area contributed by atoms with E-state index in [2.05, 4.69) is 124 Å². The molecule has 0 aliphatic rings. The van der Waals surface area contributed by atoms with Crippen LogP contribution in [0.1, 0.15) is 252 Å². The van der Waals surface area contributed by atoms with Crippen LogP contribution in [0.5, 0.6) is 0 Å². The van der Waals surface area contributed by atoms with Gasteiger partial charge in [0.15, 0.2) is 6.10 Å². The zero-order valence-electron chi connectivity index (χ0n) is 44.8. The van der Waals surface area contributed by atoms with E-state index in [1.807, 2.05) is 6.08 Å². The van der Waals surface area contributed by atoms with Gasteiger partial charge in [0.2, 0.25) is 0 Å². The standard InChI is InChI=1S/C63H104O6/c1-4-7-10-13-16-19-22-25-28-30-31-33-35-38-41-44-47-50-53-56-62(65)68-59-60(58-67-61(64)55-52-49-46-43-40-37-34-27-24-21-18-15-12-9-6-3)69-63(66)57-54-51-48-45-42-39-36-32-29-26-23-20-17-14-11-8-5-2/h7,10,16-17,19-21,24-26,28-29,31,33,38,41,47,50,60H,4-6,8-9,11-15,18,22-23,27,30,32,34-37,39-40,42-46,48-49,51-59H2,1-3H3/b10-7-,19-16-,20-17-,24-21-,28-25-,29-26-,33-31-,41-38-,50-47-. The summed E-state index contributed by atoms with van der Waals surface area (Å²) in [5, 5.41) is 0. The molecule has 392 valence electrons. The van der Waals surface area contributed by atoms with Gasteiger partial charge in [0.1, 0.15) is 13.2 Å². The highest BCUT2D eigenvalue weighted by Gasteiger charge is 2.19. The number of rotatable bonds is 50. The van der Waals surface area contributed by atoms with Crippen LogP contribution in [0.3, 0.4) is 0 Å². The zero-order chi connectivity index (χ0) is 50.0. The Kier molecular flexibility index (Phi) is 53.4. The van der Waals surface area contributed by atoms with Crippen LogP contribution >= 0.6 is 0 Å². The molecule has 0 saturated carbocycles. The van der Waals surface area contributed by atoms with Crippen molar-refractivity contribution in [1.29, 1.82) is 0 Å². The van der Waals surface area contributed by atoms with Gasteiger partial charge in [-0.2, -0.15) is 0 Å². The third kappa shape index (κ3) is 54.9. The van der Waals surface area contributed by atoms with Crippen LogP contribution in [-0.2, 0) is 28.6 Å². The molecular formula is C63H104O6. The van der Waals surface area contributed by atoms with E-state index in [1.165, 1.54) is 116 Å². The van der Waals surface area contributed by atoms with Crippen LogP contribution in [0, 0.1) is 0 Å². The number of carbonyl (C=O) groups is 3. The van der Waals surface area contributed by atoms with Crippen molar-refractivity contribution in [2.75, 3.05) is 13.2 Å². The smallest absolute Gasteiger partial charge is 0.306 e. The van der Waals surface area contributed by atoms with Gasteiger partial charge in [0.05, 0.1) is 0 Å². The van der Waals surface area contributed by atoms with E-state index in [0.29, 0.717) is 19.3 Å². The van der Waals surface area contributed by atoms with Gasteiger partial charge in [-0.05, 0) is 116 Å². The third-order valence-electron chi connectivity index (χ3n) is 11.7. The Bertz CT molecular complexity index is 1420. The fourth-order valence-corrected chi connectivity index (χ4v) is 7.49. The van der Waals surface area contributed by atoms with E-state index in [9.17, 15) is 14.4 Å². The largest absolute Gasteiger partial charge is 0.462 e. The molecule has 0 radical (unpaired) electrons. The van der Waals surface area contributed by atoms with Gasteiger partial charge in [0.25, 0.3) is 0 Å². The topological polar surface area (TPSA) is 78.9 Å². The van der Waals surface area contributed by atoms with Crippen molar-refractivity contribution < 1.29 is 28.6 Å². The molecule has 0 spiro atoms. The third-order valence-corrected chi connectivity index (χ3v) is 11.7. The zero-order valence-corrected chi connectivity index (χ0v) is 44.8. The van der Waals surface area contributed by atoms with Crippen molar-refractivity contribution in [2.45, 2.75) is 258 Å². The van der Waals surface area contributed by atoms with E-state index >= 15 is 0 Å². The summed E-state index contributed by atoms with van der Waals surface area (Å²) in [5.74, 6) is -1.01. The summed E-state index contributed by atoms with van der Waals surface area (Å²) in [6.07, 6.45) is 76.5. The average Bonchev–Trinajstić information content (AvgIpc) is 3.35. The van der Waals surface area contributed by atoms with Crippen molar-refractivity contribution in [3.63, 3.8) is 0 Å². The van der Waals surface area contributed by atoms with Crippen molar-refractivity contribution >= 4 is 17.9 Å². The van der Waals surface area contributed by atoms with Crippen molar-refractivity contribution in [3.05, 3.63) is 109 Å². The van der Waals surface area contributed by atoms with Crippen molar-refractivity contribution in [1.82, 2.24) is 0 Å². The van der Waals surface area contributed by atoms with Gasteiger partial charge in [-0.25, -0.2) is 0 Å². The van der Waals surface area contributed by atoms with Gasteiger partial charge < -0.3 is 14.2 Å². The van der Waals surface area contributed by atoms with Crippen LogP contribution in [0.25, 0.3) is 0 Å². The molecule has 0 aliphatic heterocycles. The van der Waals surface area contributed by atoms with Gasteiger partial charge in [-0.1, -0.05) is 226 Å². The normalized spacial score (nSPS) is 12.9. The van der Waals surface area contributed by atoms with Crippen LogP contribution in [0.4, 0.5) is 0 Å². The Morgan fingerprint density at radius 2 is 0.594 bits per heavy atom. The number of esters is 3. The lowest BCUT2D eigenvalue weighted by Crippen LogP contribution is -2.30. The van der Waals surface area contributed by atoms with E-state index < -0.39 is 6.10 Å². The Hall–Kier alpha value is -3.93. The summed E-state index contributed by atoms with van der Waals surface area (Å²) in [7, 11) is 0. The lowest BCUT2D eigenvalue weighted by Gasteiger charge is -2.18. The van der Waals surface area contributed by atoms with E-state index in [-0.39, 0.29) is 37.5 Å². The monoisotopic (exact) mass is 957 g/mol. The molecule has 0 aromatic rings. The first-order chi connectivity index (χ1) is 34.0. The highest BCUT2D eigenvalue weighted by Crippen LogP contribution is 2.14. The number of hydrogen-bond acceptors (Lipinski definition) is 6. The second kappa shape index (κ2) is 56.7. The molecule has 0 aromatic heterocycles. The quantitative estimate of drug-likeness (QED) is 0.0262. The molecular weight excluding hydrogens is 853 g/mol. The minimum Gasteiger partial charge on any atom is -0.462 e. The van der Waals surface area contributed by atoms with E-state index in [0.717, 1.165) is 89.9 Å². The molecule has 0 rings (SSSR count). The predicted octanol–water partition coefficient (Wildman–Crippen LogP) is 19.1. The molecule has 6 nitrogen and oxygen atoms in total.